The van der Waals surface area contributed by atoms with E-state index in [2.05, 4.69) is 9.97 Å². The smallest absolute Gasteiger partial charge is 0.266 e. The van der Waals surface area contributed by atoms with Crippen molar-refractivity contribution in [1.29, 1.82) is 5.41 Å². The highest BCUT2D eigenvalue weighted by Gasteiger charge is 2.23. The monoisotopic (exact) mass is 532 g/mol. The molecule has 5 rings (SSSR count). The highest BCUT2D eigenvalue weighted by molar-refractivity contribution is 7.89. The quantitative estimate of drug-likeness (QED) is 0.196. The summed E-state index contributed by atoms with van der Waals surface area (Å²) in [6.07, 6.45) is 0. The molecule has 0 aliphatic carbocycles. The summed E-state index contributed by atoms with van der Waals surface area (Å²) >= 11 is 6.26. The molecule has 9 nitrogen and oxygen atoms in total. The summed E-state index contributed by atoms with van der Waals surface area (Å²) in [5.74, 6) is -0.00894. The lowest BCUT2D eigenvalue weighted by molar-refractivity contribution is 0.0963. The van der Waals surface area contributed by atoms with Crippen molar-refractivity contribution in [1.82, 2.24) is 14.5 Å². The molecule has 0 unspecified atom stereocenters. The Balaban J connectivity index is 1.62. The van der Waals surface area contributed by atoms with Crippen molar-refractivity contribution in [2.24, 2.45) is 10.9 Å². The first kappa shape index (κ1) is 24.4. The number of nitrogen functional groups attached to an aromatic ring is 1. The highest BCUT2D eigenvalue weighted by atomic mass is 35.5. The van der Waals surface area contributed by atoms with E-state index in [1.54, 1.807) is 73.7 Å². The second-order valence-electron chi connectivity index (χ2n) is 8.44. The van der Waals surface area contributed by atoms with Gasteiger partial charge in [0.2, 0.25) is 10.0 Å². The van der Waals surface area contributed by atoms with Crippen molar-refractivity contribution < 1.29 is 13.2 Å². The molecule has 186 valence electrons. The molecular weight excluding hydrogens is 512 g/mol. The molecule has 6 N–H and O–H groups in total. The molecule has 2 aromatic heterocycles. The molecule has 37 heavy (non-hydrogen) atoms. The summed E-state index contributed by atoms with van der Waals surface area (Å²) in [5, 5.41) is 13.4. The van der Waals surface area contributed by atoms with Crippen molar-refractivity contribution in [2.75, 3.05) is 0 Å². The molecule has 0 saturated heterocycles. The average Bonchev–Trinajstić information content (AvgIpc) is 3.41. The summed E-state index contributed by atoms with van der Waals surface area (Å²) < 4.78 is 25.6. The number of primary sulfonamides is 1. The van der Waals surface area contributed by atoms with E-state index in [1.165, 1.54) is 10.6 Å². The molecular formula is C26H21ClN6O3S. The molecule has 0 spiro atoms. The standard InChI is InChI=1S/C26H21ClN6O3S/c1-14-31-20-12-15(18-7-2-3-8-22(18)37(30,35)36)9-10-21(20)33(14)26(34)19-13-23(27)32-24(19)16-5-4-6-17(11-16)25(28)29/h2-13,32H,1H3,(H3,28,29)(H2,30,35,36). The molecule has 0 fully saturated rings. The van der Waals surface area contributed by atoms with Crippen molar-refractivity contribution in [3.63, 3.8) is 0 Å². The number of aromatic amines is 1. The van der Waals surface area contributed by atoms with E-state index < -0.39 is 10.0 Å². The SMILES string of the molecule is Cc1nc2cc(-c3ccccc3S(N)(=O)=O)ccc2n1C(=O)c1cc(Cl)[nH]c1-c1cccc(C(=N)N)c1. The number of amidine groups is 1. The number of fused-ring (bicyclic) bond motifs is 1. The Hall–Kier alpha value is -4.25. The number of hydrogen-bond acceptors (Lipinski definition) is 5. The van der Waals surface area contributed by atoms with Gasteiger partial charge in [-0.25, -0.2) is 18.5 Å². The number of carbonyl (C=O) groups excluding carboxylic acids is 1. The number of aryl methyl sites for hydroxylation is 1. The number of sulfonamides is 1. The van der Waals surface area contributed by atoms with Crippen LogP contribution in [0.3, 0.4) is 0 Å². The van der Waals surface area contributed by atoms with Crippen molar-refractivity contribution >= 4 is 44.4 Å². The second kappa shape index (κ2) is 9.00. The fourth-order valence-electron chi connectivity index (χ4n) is 4.36. The minimum atomic E-state index is -3.94. The number of aromatic nitrogens is 3. The van der Waals surface area contributed by atoms with Crippen LogP contribution in [0.15, 0.2) is 77.7 Å². The van der Waals surface area contributed by atoms with E-state index in [1.807, 2.05) is 0 Å². The van der Waals surface area contributed by atoms with Crippen LogP contribution in [0.25, 0.3) is 33.4 Å². The van der Waals surface area contributed by atoms with Gasteiger partial charge in [-0.2, -0.15) is 0 Å². The fraction of sp³-hybridized carbons (Fsp3) is 0.0385. The second-order valence-corrected chi connectivity index (χ2v) is 10.4. The number of nitrogens with one attached hydrogen (secondary N) is 2. The number of benzene rings is 3. The fourth-order valence-corrected chi connectivity index (χ4v) is 5.32. The van der Waals surface area contributed by atoms with Crippen LogP contribution in [-0.2, 0) is 10.0 Å². The zero-order valence-electron chi connectivity index (χ0n) is 19.5. The number of imidazole rings is 1. The maximum atomic E-state index is 13.8. The van der Waals surface area contributed by atoms with Crippen LogP contribution in [0.5, 0.6) is 0 Å². The molecule has 11 heteroatoms. The number of H-pyrrole nitrogens is 1. The van der Waals surface area contributed by atoms with Crippen LogP contribution in [0, 0.1) is 12.3 Å². The van der Waals surface area contributed by atoms with Crippen LogP contribution >= 0.6 is 11.6 Å². The Morgan fingerprint density at radius 2 is 1.78 bits per heavy atom. The molecule has 0 saturated carbocycles. The van der Waals surface area contributed by atoms with E-state index in [9.17, 15) is 13.2 Å². The van der Waals surface area contributed by atoms with Gasteiger partial charge < -0.3 is 10.7 Å². The van der Waals surface area contributed by atoms with Crippen LogP contribution in [-0.4, -0.2) is 34.7 Å². The van der Waals surface area contributed by atoms with Gasteiger partial charge >= 0.3 is 0 Å². The lowest BCUT2D eigenvalue weighted by Gasteiger charge is -2.10. The van der Waals surface area contributed by atoms with Gasteiger partial charge in [0, 0.05) is 11.1 Å². The predicted molar refractivity (Wildman–Crippen MR) is 143 cm³/mol. The average molecular weight is 533 g/mol. The first-order valence-electron chi connectivity index (χ1n) is 11.0. The molecule has 0 bridgehead atoms. The van der Waals surface area contributed by atoms with Gasteiger partial charge in [-0.05, 0) is 48.4 Å². The third kappa shape index (κ3) is 4.42. The largest absolute Gasteiger partial charge is 0.384 e. The van der Waals surface area contributed by atoms with Gasteiger partial charge in [0.15, 0.2) is 0 Å². The molecule has 2 heterocycles. The van der Waals surface area contributed by atoms with Gasteiger partial charge in [0.05, 0.1) is 27.2 Å². The Labute approximate surface area is 217 Å². The normalized spacial score (nSPS) is 11.6. The van der Waals surface area contributed by atoms with Crippen LogP contribution in [0.4, 0.5) is 0 Å². The third-order valence-electron chi connectivity index (χ3n) is 6.01. The van der Waals surface area contributed by atoms with Crippen LogP contribution in [0.1, 0.15) is 21.7 Å². The third-order valence-corrected chi connectivity index (χ3v) is 7.18. The zero-order valence-corrected chi connectivity index (χ0v) is 21.1. The number of nitrogens with two attached hydrogens (primary N) is 2. The van der Waals surface area contributed by atoms with Crippen molar-refractivity contribution in [3.8, 4) is 22.4 Å². The minimum Gasteiger partial charge on any atom is -0.384 e. The van der Waals surface area contributed by atoms with Crippen LogP contribution in [0.2, 0.25) is 5.15 Å². The van der Waals surface area contributed by atoms with Crippen LogP contribution < -0.4 is 10.9 Å². The summed E-state index contributed by atoms with van der Waals surface area (Å²) in [5.41, 5.74) is 9.68. The molecule has 0 atom stereocenters. The minimum absolute atomic E-state index is 0.000906. The van der Waals surface area contributed by atoms with E-state index in [0.717, 1.165) is 0 Å². The molecule has 3 aromatic carbocycles. The maximum absolute atomic E-state index is 13.8. The van der Waals surface area contributed by atoms with Crippen molar-refractivity contribution in [2.45, 2.75) is 11.8 Å². The van der Waals surface area contributed by atoms with Gasteiger partial charge in [-0.1, -0.05) is 54.1 Å². The summed E-state index contributed by atoms with van der Waals surface area (Å²) in [4.78, 5) is 21.4. The Bertz CT molecular complexity index is 1840. The lowest BCUT2D eigenvalue weighted by Crippen LogP contribution is -2.14. The van der Waals surface area contributed by atoms with Gasteiger partial charge in [0.1, 0.15) is 16.8 Å². The zero-order chi connectivity index (χ0) is 26.5. The van der Waals surface area contributed by atoms with Crippen molar-refractivity contribution in [3.05, 3.63) is 94.9 Å². The van der Waals surface area contributed by atoms with Gasteiger partial charge in [-0.15, -0.1) is 0 Å². The number of rotatable bonds is 5. The summed E-state index contributed by atoms with van der Waals surface area (Å²) in [6.45, 7) is 1.71. The molecule has 0 amide bonds. The van der Waals surface area contributed by atoms with E-state index in [-0.39, 0.29) is 21.8 Å². The van der Waals surface area contributed by atoms with Gasteiger partial charge in [0.25, 0.3) is 5.91 Å². The van der Waals surface area contributed by atoms with Gasteiger partial charge in [-0.3, -0.25) is 14.8 Å². The van der Waals surface area contributed by atoms with E-state index in [4.69, 9.17) is 27.9 Å². The molecule has 0 aliphatic heterocycles. The highest BCUT2D eigenvalue weighted by Crippen LogP contribution is 2.32. The molecule has 0 aliphatic rings. The Morgan fingerprint density at radius 3 is 2.51 bits per heavy atom. The summed E-state index contributed by atoms with van der Waals surface area (Å²) in [6, 6.07) is 20.1. The molecule has 5 aromatic rings. The molecule has 0 radical (unpaired) electrons. The van der Waals surface area contributed by atoms with E-state index >= 15 is 0 Å². The number of halogens is 1. The number of nitrogens with zero attached hydrogens (tertiary/aromatic N) is 2. The number of hydrogen-bond donors (Lipinski definition) is 4. The Kier molecular flexibility index (Phi) is 5.95. The first-order chi connectivity index (χ1) is 17.5. The summed E-state index contributed by atoms with van der Waals surface area (Å²) in [7, 11) is -3.94. The van der Waals surface area contributed by atoms with E-state index in [0.29, 0.717) is 50.4 Å². The maximum Gasteiger partial charge on any atom is 0.266 e. The Morgan fingerprint density at radius 1 is 1.03 bits per heavy atom. The number of carbonyl (C=O) groups is 1. The predicted octanol–water partition coefficient (Wildman–Crippen LogP) is 4.28. The first-order valence-corrected chi connectivity index (χ1v) is 13.0. The lowest BCUT2D eigenvalue weighted by atomic mass is 10.0. The topological polar surface area (TPSA) is 161 Å².